The molecule has 0 nitrogen and oxygen atoms in total. The molecule has 66 valence electrons. The van der Waals surface area contributed by atoms with Gasteiger partial charge in [0.15, 0.2) is 0 Å². The summed E-state index contributed by atoms with van der Waals surface area (Å²) in [5.41, 5.74) is 0.484. The van der Waals surface area contributed by atoms with E-state index in [0.29, 0.717) is 5.56 Å². The van der Waals surface area contributed by atoms with Crippen molar-refractivity contribution in [3.8, 4) is 0 Å². The van der Waals surface area contributed by atoms with Gasteiger partial charge in [0.2, 0.25) is 0 Å². The largest absolute Gasteiger partial charge is 0.205 e. The summed E-state index contributed by atoms with van der Waals surface area (Å²) in [6.07, 6.45) is 0. The van der Waals surface area contributed by atoms with Crippen LogP contribution in [0.5, 0.6) is 0 Å². The molecule has 1 unspecified atom stereocenters. The molecule has 4 heteroatoms. The van der Waals surface area contributed by atoms with Crippen molar-refractivity contribution in [3.63, 3.8) is 0 Å². The molecule has 0 amide bonds. The molecule has 1 aromatic rings. The summed E-state index contributed by atoms with van der Waals surface area (Å²) in [6, 6.07) is 2.37. The van der Waals surface area contributed by atoms with Crippen LogP contribution >= 0.6 is 24.2 Å². The fourth-order valence-corrected chi connectivity index (χ4v) is 1.07. The van der Waals surface area contributed by atoms with E-state index in [0.717, 1.165) is 0 Å². The van der Waals surface area contributed by atoms with Crippen LogP contribution in [0.15, 0.2) is 12.1 Å². The van der Waals surface area contributed by atoms with E-state index < -0.39 is 16.7 Å². The molecule has 1 aromatic carbocycles. The zero-order chi connectivity index (χ0) is 9.30. The molecule has 0 heterocycles. The third kappa shape index (κ3) is 1.90. The number of benzene rings is 1. The van der Waals surface area contributed by atoms with Crippen molar-refractivity contribution in [1.82, 2.24) is 0 Å². The lowest BCUT2D eigenvalue weighted by atomic mass is 10.1. The molecule has 0 aliphatic rings. The van der Waals surface area contributed by atoms with Gasteiger partial charge in [0.05, 0.1) is 0 Å². The summed E-state index contributed by atoms with van der Waals surface area (Å²) in [4.78, 5) is 0. The van der Waals surface area contributed by atoms with Crippen LogP contribution in [0.4, 0.5) is 8.78 Å². The quantitative estimate of drug-likeness (QED) is 0.529. The van der Waals surface area contributed by atoms with Crippen molar-refractivity contribution in [1.29, 1.82) is 0 Å². The highest BCUT2D eigenvalue weighted by molar-refractivity contribution is 7.80. The Morgan fingerprint density at radius 1 is 1.33 bits per heavy atom. The van der Waals surface area contributed by atoms with Crippen LogP contribution in [-0.4, -0.2) is 0 Å². The molecule has 1 rings (SSSR count). The SMILES string of the molecule is CC(S)c1cc(F)c(Cl)c(F)c1. The lowest BCUT2D eigenvalue weighted by Crippen LogP contribution is -1.90. The highest BCUT2D eigenvalue weighted by Gasteiger charge is 2.10. The molecule has 0 saturated heterocycles. The zero-order valence-electron chi connectivity index (χ0n) is 6.31. The van der Waals surface area contributed by atoms with Crippen molar-refractivity contribution >= 4 is 24.2 Å². The van der Waals surface area contributed by atoms with Crippen LogP contribution in [-0.2, 0) is 0 Å². The molecule has 12 heavy (non-hydrogen) atoms. The first-order chi connectivity index (χ1) is 5.52. The van der Waals surface area contributed by atoms with E-state index in [9.17, 15) is 8.78 Å². The van der Waals surface area contributed by atoms with Crippen LogP contribution in [0.2, 0.25) is 5.02 Å². The zero-order valence-corrected chi connectivity index (χ0v) is 7.96. The first-order valence-electron chi connectivity index (χ1n) is 3.35. The minimum atomic E-state index is -0.743. The average Bonchev–Trinajstić information content (AvgIpc) is 1.99. The highest BCUT2D eigenvalue weighted by Crippen LogP contribution is 2.26. The minimum absolute atomic E-state index is 0.203. The van der Waals surface area contributed by atoms with Crippen molar-refractivity contribution in [2.75, 3.05) is 0 Å². The smallest absolute Gasteiger partial charge is 0.145 e. The van der Waals surface area contributed by atoms with Crippen molar-refractivity contribution in [2.24, 2.45) is 0 Å². The molecular weight excluding hydrogens is 202 g/mol. The van der Waals surface area contributed by atoms with E-state index >= 15 is 0 Å². The molecule has 0 spiro atoms. The van der Waals surface area contributed by atoms with Crippen molar-refractivity contribution in [3.05, 3.63) is 34.4 Å². The van der Waals surface area contributed by atoms with E-state index in [1.54, 1.807) is 6.92 Å². The molecule has 0 aromatic heterocycles. The molecule has 0 aliphatic heterocycles. The lowest BCUT2D eigenvalue weighted by Gasteiger charge is -2.05. The van der Waals surface area contributed by atoms with Gasteiger partial charge in [-0.05, 0) is 24.6 Å². The number of hydrogen-bond acceptors (Lipinski definition) is 1. The van der Waals surface area contributed by atoms with Gasteiger partial charge in [-0.2, -0.15) is 12.6 Å². The van der Waals surface area contributed by atoms with Crippen molar-refractivity contribution in [2.45, 2.75) is 12.2 Å². The standard InChI is InChI=1S/C8H7ClF2S/c1-4(12)5-2-6(10)8(9)7(11)3-5/h2-4,12H,1H3. The summed E-state index contributed by atoms with van der Waals surface area (Å²) in [7, 11) is 0. The number of hydrogen-bond donors (Lipinski definition) is 1. The fraction of sp³-hybridized carbons (Fsp3) is 0.250. The van der Waals surface area contributed by atoms with Crippen LogP contribution in [0.3, 0.4) is 0 Å². The van der Waals surface area contributed by atoms with Gasteiger partial charge >= 0.3 is 0 Å². The fourth-order valence-electron chi connectivity index (χ4n) is 0.816. The Labute approximate surface area is 80.0 Å². The molecule has 0 saturated carbocycles. The summed E-state index contributed by atoms with van der Waals surface area (Å²) in [6.45, 7) is 1.73. The number of rotatable bonds is 1. The molecule has 0 bridgehead atoms. The average molecular weight is 209 g/mol. The Hall–Kier alpha value is -0.280. The van der Waals surface area contributed by atoms with Gasteiger partial charge in [-0.15, -0.1) is 0 Å². The number of thiol groups is 1. The normalized spacial score (nSPS) is 13.1. The maximum absolute atomic E-state index is 12.8. The first kappa shape index (κ1) is 9.81. The summed E-state index contributed by atoms with van der Waals surface area (Å²) in [5, 5.41) is -0.668. The van der Waals surface area contributed by atoms with Gasteiger partial charge in [0, 0.05) is 5.25 Å². The van der Waals surface area contributed by atoms with Gasteiger partial charge < -0.3 is 0 Å². The van der Waals surface area contributed by atoms with E-state index in [1.165, 1.54) is 12.1 Å². The van der Waals surface area contributed by atoms with Crippen LogP contribution < -0.4 is 0 Å². The Morgan fingerprint density at radius 3 is 2.08 bits per heavy atom. The Bertz CT molecular complexity index is 276. The highest BCUT2D eigenvalue weighted by atomic mass is 35.5. The Balaban J connectivity index is 3.21. The van der Waals surface area contributed by atoms with E-state index in [2.05, 4.69) is 12.6 Å². The van der Waals surface area contributed by atoms with Gasteiger partial charge in [0.25, 0.3) is 0 Å². The molecule has 0 fully saturated rings. The van der Waals surface area contributed by atoms with E-state index in [4.69, 9.17) is 11.6 Å². The molecule has 0 aliphatic carbocycles. The van der Waals surface area contributed by atoms with Gasteiger partial charge in [-0.25, -0.2) is 8.78 Å². The maximum atomic E-state index is 12.8. The Kier molecular flexibility index (Phi) is 2.96. The summed E-state index contributed by atoms with van der Waals surface area (Å²) >= 11 is 9.32. The van der Waals surface area contributed by atoms with E-state index in [-0.39, 0.29) is 5.25 Å². The van der Waals surface area contributed by atoms with E-state index in [1.807, 2.05) is 0 Å². The van der Waals surface area contributed by atoms with Gasteiger partial charge in [-0.3, -0.25) is 0 Å². The predicted octanol–water partition coefficient (Wildman–Crippen LogP) is 3.61. The third-order valence-electron chi connectivity index (χ3n) is 1.49. The predicted molar refractivity (Wildman–Crippen MR) is 48.8 cm³/mol. The van der Waals surface area contributed by atoms with Crippen LogP contribution in [0, 0.1) is 11.6 Å². The maximum Gasteiger partial charge on any atom is 0.145 e. The topological polar surface area (TPSA) is 0 Å². The lowest BCUT2D eigenvalue weighted by molar-refractivity contribution is 0.580. The second-order valence-corrected chi connectivity index (χ2v) is 3.63. The minimum Gasteiger partial charge on any atom is -0.205 e. The Morgan fingerprint density at radius 2 is 1.75 bits per heavy atom. The molecular formula is C8H7ClF2S. The van der Waals surface area contributed by atoms with Gasteiger partial charge in [-0.1, -0.05) is 11.6 Å². The summed E-state index contributed by atoms with van der Waals surface area (Å²) < 4.78 is 25.6. The number of halogens is 3. The van der Waals surface area contributed by atoms with Crippen molar-refractivity contribution < 1.29 is 8.78 Å². The van der Waals surface area contributed by atoms with Gasteiger partial charge in [0.1, 0.15) is 16.7 Å². The third-order valence-corrected chi connectivity index (χ3v) is 2.15. The molecule has 1 atom stereocenters. The second-order valence-electron chi connectivity index (χ2n) is 2.47. The second kappa shape index (κ2) is 3.62. The van der Waals surface area contributed by atoms with Crippen LogP contribution in [0.25, 0.3) is 0 Å². The summed E-state index contributed by atoms with van der Waals surface area (Å²) in [5.74, 6) is -1.49. The monoisotopic (exact) mass is 208 g/mol. The molecule has 0 radical (unpaired) electrons. The first-order valence-corrected chi connectivity index (χ1v) is 4.24. The van der Waals surface area contributed by atoms with Crippen LogP contribution in [0.1, 0.15) is 17.7 Å². The molecule has 0 N–H and O–H groups in total.